The van der Waals surface area contributed by atoms with Crippen LogP contribution in [0.1, 0.15) is 24.0 Å². The van der Waals surface area contributed by atoms with Gasteiger partial charge >= 0.3 is 0 Å². The van der Waals surface area contributed by atoms with E-state index in [4.69, 9.17) is 5.73 Å². The molecule has 2 rings (SSSR count). The largest absolute Gasteiger partial charge is 0.370 e. The summed E-state index contributed by atoms with van der Waals surface area (Å²) in [5.41, 5.74) is 9.37. The van der Waals surface area contributed by atoms with Crippen LogP contribution in [0, 0.1) is 6.92 Å². The Kier molecular flexibility index (Phi) is 4.77. The standard InChI is InChI=1S/C17H21N3/c1-13-8-10-16(11-9-13)20-17(18)19-12-14(2)15-6-4-3-5-7-15/h3-11,14H,12H2,1-2H3,(H3,18,19,20). The highest BCUT2D eigenvalue weighted by Crippen LogP contribution is 2.14. The molecule has 0 amide bonds. The fourth-order valence-electron chi connectivity index (χ4n) is 1.95. The number of aliphatic imine (C=N–C) groups is 1. The maximum Gasteiger partial charge on any atom is 0.193 e. The van der Waals surface area contributed by atoms with Gasteiger partial charge in [-0.3, -0.25) is 4.99 Å². The first kappa shape index (κ1) is 14.1. The van der Waals surface area contributed by atoms with Crippen molar-refractivity contribution in [1.82, 2.24) is 0 Å². The molecule has 0 spiro atoms. The number of benzene rings is 2. The van der Waals surface area contributed by atoms with Crippen LogP contribution >= 0.6 is 0 Å². The van der Waals surface area contributed by atoms with Gasteiger partial charge in [0.05, 0.1) is 0 Å². The number of rotatable bonds is 4. The third kappa shape index (κ3) is 4.12. The maximum atomic E-state index is 5.91. The zero-order valence-corrected chi connectivity index (χ0v) is 12.0. The lowest BCUT2D eigenvalue weighted by atomic mass is 10.0. The quantitative estimate of drug-likeness (QED) is 0.657. The molecule has 0 aliphatic heterocycles. The van der Waals surface area contributed by atoms with Crippen molar-refractivity contribution in [3.05, 3.63) is 65.7 Å². The molecule has 0 aliphatic carbocycles. The van der Waals surface area contributed by atoms with Gasteiger partial charge in [0.1, 0.15) is 0 Å². The molecule has 0 saturated carbocycles. The Morgan fingerprint density at radius 2 is 1.75 bits per heavy atom. The summed E-state index contributed by atoms with van der Waals surface area (Å²) in [5.74, 6) is 0.811. The van der Waals surface area contributed by atoms with Crippen LogP contribution in [0.2, 0.25) is 0 Å². The van der Waals surface area contributed by atoms with Gasteiger partial charge in [-0.1, -0.05) is 55.0 Å². The predicted molar refractivity (Wildman–Crippen MR) is 86.1 cm³/mol. The van der Waals surface area contributed by atoms with Crippen molar-refractivity contribution in [2.24, 2.45) is 10.7 Å². The summed E-state index contributed by atoms with van der Waals surface area (Å²) in [6.45, 7) is 4.88. The van der Waals surface area contributed by atoms with E-state index in [2.05, 4.69) is 36.3 Å². The van der Waals surface area contributed by atoms with Crippen LogP contribution in [0.25, 0.3) is 0 Å². The Hall–Kier alpha value is -2.29. The predicted octanol–water partition coefficient (Wildman–Crippen LogP) is 3.53. The van der Waals surface area contributed by atoms with Gasteiger partial charge in [0, 0.05) is 18.2 Å². The van der Waals surface area contributed by atoms with Crippen LogP contribution in [0.5, 0.6) is 0 Å². The number of hydrogen-bond donors (Lipinski definition) is 2. The van der Waals surface area contributed by atoms with E-state index >= 15 is 0 Å². The minimum atomic E-state index is 0.356. The Balaban J connectivity index is 1.92. The van der Waals surface area contributed by atoms with E-state index in [9.17, 15) is 0 Å². The lowest BCUT2D eigenvalue weighted by molar-refractivity contribution is 0.774. The summed E-state index contributed by atoms with van der Waals surface area (Å²) in [4.78, 5) is 4.40. The first-order valence-electron chi connectivity index (χ1n) is 6.83. The number of hydrogen-bond acceptors (Lipinski definition) is 1. The summed E-state index contributed by atoms with van der Waals surface area (Å²) < 4.78 is 0. The molecule has 0 heterocycles. The molecule has 0 aromatic heterocycles. The van der Waals surface area contributed by atoms with Gasteiger partial charge in [0.2, 0.25) is 0 Å². The van der Waals surface area contributed by atoms with Crippen molar-refractivity contribution in [3.8, 4) is 0 Å². The summed E-state index contributed by atoms with van der Waals surface area (Å²) in [6, 6.07) is 18.4. The lowest BCUT2D eigenvalue weighted by Crippen LogP contribution is -2.23. The number of nitrogens with one attached hydrogen (secondary N) is 1. The third-order valence-electron chi connectivity index (χ3n) is 3.23. The van der Waals surface area contributed by atoms with E-state index in [0.717, 1.165) is 5.69 Å². The van der Waals surface area contributed by atoms with Crippen molar-refractivity contribution in [2.45, 2.75) is 19.8 Å². The van der Waals surface area contributed by atoms with Crippen LogP contribution in [-0.2, 0) is 0 Å². The highest BCUT2D eigenvalue weighted by molar-refractivity contribution is 5.92. The first-order chi connectivity index (χ1) is 9.65. The zero-order chi connectivity index (χ0) is 14.4. The van der Waals surface area contributed by atoms with Gasteiger partial charge < -0.3 is 11.1 Å². The fraction of sp³-hybridized carbons (Fsp3) is 0.235. The Morgan fingerprint density at radius 1 is 1.10 bits per heavy atom. The molecule has 2 aromatic carbocycles. The zero-order valence-electron chi connectivity index (χ0n) is 12.0. The highest BCUT2D eigenvalue weighted by atomic mass is 15.1. The second-order valence-electron chi connectivity index (χ2n) is 5.03. The van der Waals surface area contributed by atoms with E-state index in [0.29, 0.717) is 18.4 Å². The molecule has 0 aliphatic rings. The van der Waals surface area contributed by atoms with E-state index in [-0.39, 0.29) is 0 Å². The second-order valence-corrected chi connectivity index (χ2v) is 5.03. The number of nitrogens with two attached hydrogens (primary N) is 1. The molecule has 0 bridgehead atoms. The molecule has 1 atom stereocenters. The van der Waals surface area contributed by atoms with Crippen LogP contribution in [0.15, 0.2) is 59.6 Å². The van der Waals surface area contributed by atoms with Gasteiger partial charge in [-0.15, -0.1) is 0 Å². The topological polar surface area (TPSA) is 50.4 Å². The lowest BCUT2D eigenvalue weighted by Gasteiger charge is -2.10. The monoisotopic (exact) mass is 267 g/mol. The molecule has 104 valence electrons. The SMILES string of the molecule is Cc1ccc(NC(N)=NCC(C)c2ccccc2)cc1. The van der Waals surface area contributed by atoms with Gasteiger partial charge in [0.25, 0.3) is 0 Å². The van der Waals surface area contributed by atoms with Crippen LogP contribution in [0.3, 0.4) is 0 Å². The van der Waals surface area contributed by atoms with Crippen molar-refractivity contribution < 1.29 is 0 Å². The second kappa shape index (κ2) is 6.75. The highest BCUT2D eigenvalue weighted by Gasteiger charge is 2.04. The Labute approximate surface area is 120 Å². The van der Waals surface area contributed by atoms with Crippen molar-refractivity contribution in [2.75, 3.05) is 11.9 Å². The average molecular weight is 267 g/mol. The maximum absolute atomic E-state index is 5.91. The number of anilines is 1. The van der Waals surface area contributed by atoms with Crippen LogP contribution in [0.4, 0.5) is 5.69 Å². The van der Waals surface area contributed by atoms with Gasteiger partial charge in [-0.05, 0) is 24.6 Å². The summed E-state index contributed by atoms with van der Waals surface area (Å²) in [7, 11) is 0. The summed E-state index contributed by atoms with van der Waals surface area (Å²) in [5, 5.41) is 3.10. The normalized spacial score (nSPS) is 13.0. The van der Waals surface area contributed by atoms with Crippen molar-refractivity contribution in [3.63, 3.8) is 0 Å². The fourth-order valence-corrected chi connectivity index (χ4v) is 1.95. The Morgan fingerprint density at radius 3 is 2.40 bits per heavy atom. The molecule has 3 nitrogen and oxygen atoms in total. The van der Waals surface area contributed by atoms with E-state index in [1.165, 1.54) is 11.1 Å². The van der Waals surface area contributed by atoms with Crippen molar-refractivity contribution in [1.29, 1.82) is 0 Å². The number of aryl methyl sites for hydroxylation is 1. The molecule has 1 unspecified atom stereocenters. The van der Waals surface area contributed by atoms with E-state index in [1.54, 1.807) is 0 Å². The Bertz CT molecular complexity index is 559. The molecule has 0 fully saturated rings. The van der Waals surface area contributed by atoms with Gasteiger partial charge in [-0.25, -0.2) is 0 Å². The average Bonchev–Trinajstić information content (AvgIpc) is 2.48. The first-order valence-corrected chi connectivity index (χ1v) is 6.83. The minimum Gasteiger partial charge on any atom is -0.370 e. The smallest absolute Gasteiger partial charge is 0.193 e. The molecule has 3 heteroatoms. The number of nitrogens with zero attached hydrogens (tertiary/aromatic N) is 1. The van der Waals surface area contributed by atoms with Gasteiger partial charge in [-0.2, -0.15) is 0 Å². The van der Waals surface area contributed by atoms with Crippen LogP contribution < -0.4 is 11.1 Å². The van der Waals surface area contributed by atoms with Gasteiger partial charge in [0.15, 0.2) is 5.96 Å². The summed E-state index contributed by atoms with van der Waals surface area (Å²) in [6.07, 6.45) is 0. The summed E-state index contributed by atoms with van der Waals surface area (Å²) >= 11 is 0. The molecule has 0 radical (unpaired) electrons. The molecule has 3 N–H and O–H groups in total. The molecular formula is C17H21N3. The number of guanidine groups is 1. The molecule has 20 heavy (non-hydrogen) atoms. The molecular weight excluding hydrogens is 246 g/mol. The third-order valence-corrected chi connectivity index (χ3v) is 3.23. The van der Waals surface area contributed by atoms with E-state index in [1.807, 2.05) is 42.5 Å². The van der Waals surface area contributed by atoms with Crippen molar-refractivity contribution >= 4 is 11.6 Å². The minimum absolute atomic E-state index is 0.356. The van der Waals surface area contributed by atoms with Crippen LogP contribution in [-0.4, -0.2) is 12.5 Å². The molecule has 2 aromatic rings. The van der Waals surface area contributed by atoms with E-state index < -0.39 is 0 Å². The molecule has 0 saturated heterocycles.